The molecule has 2 rings (SSSR count). The Kier molecular flexibility index (Phi) is 4.37. The highest BCUT2D eigenvalue weighted by molar-refractivity contribution is 7.12. The van der Waals surface area contributed by atoms with Crippen LogP contribution in [0.4, 0.5) is 0 Å². The molecular formula is C18H31NS. The number of hydrogen-bond acceptors (Lipinski definition) is 2. The van der Waals surface area contributed by atoms with Crippen molar-refractivity contribution in [1.29, 1.82) is 0 Å². The van der Waals surface area contributed by atoms with E-state index in [9.17, 15) is 0 Å². The molecule has 0 saturated heterocycles. The summed E-state index contributed by atoms with van der Waals surface area (Å²) in [6.45, 7) is 16.5. The molecule has 1 aliphatic rings. The normalized spacial score (nSPS) is 23.8. The van der Waals surface area contributed by atoms with Gasteiger partial charge in [0.2, 0.25) is 0 Å². The number of nitrogens with one attached hydrogen (secondary N) is 1. The Bertz CT molecular complexity index is 454. The van der Waals surface area contributed by atoms with Crippen molar-refractivity contribution >= 4 is 11.3 Å². The average Bonchev–Trinajstić information content (AvgIpc) is 2.52. The standard InChI is InChI=1S/C18H31NS/c1-12-8-16(14(3)20-12)13(2)19-15-9-17(4,5)11-18(6,7)10-15/h8,13,15,19H,9-11H2,1-7H3. The van der Waals surface area contributed by atoms with Gasteiger partial charge in [0.25, 0.3) is 0 Å². The van der Waals surface area contributed by atoms with Gasteiger partial charge in [-0.25, -0.2) is 0 Å². The van der Waals surface area contributed by atoms with E-state index in [-0.39, 0.29) is 0 Å². The lowest BCUT2D eigenvalue weighted by Crippen LogP contribution is -2.44. The van der Waals surface area contributed by atoms with Crippen molar-refractivity contribution in [1.82, 2.24) is 5.32 Å². The maximum atomic E-state index is 3.91. The van der Waals surface area contributed by atoms with Crippen LogP contribution in [0.5, 0.6) is 0 Å². The van der Waals surface area contributed by atoms with Gasteiger partial charge in [-0.1, -0.05) is 27.7 Å². The maximum absolute atomic E-state index is 3.91. The molecule has 1 fully saturated rings. The molecule has 1 aromatic heterocycles. The predicted molar refractivity (Wildman–Crippen MR) is 90.5 cm³/mol. The average molecular weight is 294 g/mol. The van der Waals surface area contributed by atoms with Gasteiger partial charge in [-0.15, -0.1) is 11.3 Å². The Morgan fingerprint density at radius 2 is 1.70 bits per heavy atom. The van der Waals surface area contributed by atoms with Crippen LogP contribution in [0.3, 0.4) is 0 Å². The van der Waals surface area contributed by atoms with Crippen LogP contribution in [0.2, 0.25) is 0 Å². The summed E-state index contributed by atoms with van der Waals surface area (Å²) in [5.74, 6) is 0. The summed E-state index contributed by atoms with van der Waals surface area (Å²) in [5.41, 5.74) is 2.41. The molecule has 0 aromatic carbocycles. The fraction of sp³-hybridized carbons (Fsp3) is 0.778. The number of rotatable bonds is 3. The maximum Gasteiger partial charge on any atom is 0.0305 e. The molecule has 0 amide bonds. The van der Waals surface area contributed by atoms with Crippen LogP contribution in [-0.2, 0) is 0 Å². The highest BCUT2D eigenvalue weighted by atomic mass is 32.1. The van der Waals surface area contributed by atoms with Crippen LogP contribution < -0.4 is 5.32 Å². The molecule has 1 atom stereocenters. The summed E-state index contributed by atoms with van der Waals surface area (Å²) in [5, 5.41) is 3.91. The van der Waals surface area contributed by atoms with E-state index in [1.165, 1.54) is 34.6 Å². The lowest BCUT2D eigenvalue weighted by molar-refractivity contribution is 0.0811. The van der Waals surface area contributed by atoms with Crippen molar-refractivity contribution in [3.63, 3.8) is 0 Å². The summed E-state index contributed by atoms with van der Waals surface area (Å²) >= 11 is 1.92. The summed E-state index contributed by atoms with van der Waals surface area (Å²) < 4.78 is 0. The summed E-state index contributed by atoms with van der Waals surface area (Å²) in [6.07, 6.45) is 3.93. The monoisotopic (exact) mass is 293 g/mol. The highest BCUT2D eigenvalue weighted by Gasteiger charge is 2.38. The Hall–Kier alpha value is -0.340. The van der Waals surface area contributed by atoms with Crippen molar-refractivity contribution in [2.24, 2.45) is 10.8 Å². The van der Waals surface area contributed by atoms with Gasteiger partial charge < -0.3 is 5.32 Å². The minimum absolute atomic E-state index is 0.457. The van der Waals surface area contributed by atoms with E-state index in [0.717, 1.165) is 0 Å². The zero-order valence-electron chi connectivity index (χ0n) is 14.3. The number of hydrogen-bond donors (Lipinski definition) is 1. The van der Waals surface area contributed by atoms with Gasteiger partial charge in [0, 0.05) is 21.8 Å². The first-order valence-corrected chi connectivity index (χ1v) is 8.73. The third-order valence-corrected chi connectivity index (χ3v) is 5.57. The first-order chi connectivity index (χ1) is 9.08. The fourth-order valence-corrected chi connectivity index (χ4v) is 5.51. The zero-order chi connectivity index (χ0) is 15.1. The SMILES string of the molecule is Cc1cc(C(C)NC2CC(C)(C)CC(C)(C)C2)c(C)s1. The van der Waals surface area contributed by atoms with Crippen LogP contribution in [0, 0.1) is 24.7 Å². The zero-order valence-corrected chi connectivity index (χ0v) is 15.1. The van der Waals surface area contributed by atoms with Crippen LogP contribution in [0.15, 0.2) is 6.07 Å². The predicted octanol–water partition coefficient (Wildman–Crippen LogP) is 5.62. The largest absolute Gasteiger partial charge is 0.307 e. The summed E-state index contributed by atoms with van der Waals surface area (Å²) in [4.78, 5) is 2.90. The van der Waals surface area contributed by atoms with E-state index < -0.39 is 0 Å². The smallest absolute Gasteiger partial charge is 0.0305 e. The van der Waals surface area contributed by atoms with Crippen molar-refractivity contribution in [2.75, 3.05) is 0 Å². The van der Waals surface area contributed by atoms with Crippen molar-refractivity contribution in [2.45, 2.75) is 79.8 Å². The van der Waals surface area contributed by atoms with E-state index in [1.54, 1.807) is 0 Å². The second-order valence-electron chi connectivity index (χ2n) is 8.37. The highest BCUT2D eigenvalue weighted by Crippen LogP contribution is 2.46. The molecule has 1 nitrogen and oxygen atoms in total. The molecule has 20 heavy (non-hydrogen) atoms. The second kappa shape index (κ2) is 5.46. The lowest BCUT2D eigenvalue weighted by atomic mass is 9.63. The van der Waals surface area contributed by atoms with E-state index >= 15 is 0 Å². The molecule has 0 radical (unpaired) electrons. The van der Waals surface area contributed by atoms with Crippen LogP contribution in [0.1, 0.15) is 75.2 Å². The van der Waals surface area contributed by atoms with E-state index in [4.69, 9.17) is 0 Å². The van der Waals surface area contributed by atoms with Gasteiger partial charge in [-0.3, -0.25) is 0 Å². The third-order valence-electron chi connectivity index (χ3n) is 4.59. The molecule has 1 unspecified atom stereocenters. The molecule has 1 saturated carbocycles. The number of thiophene rings is 1. The third kappa shape index (κ3) is 3.85. The molecular weight excluding hydrogens is 262 g/mol. The molecule has 0 spiro atoms. The first kappa shape index (κ1) is 16.0. The van der Waals surface area contributed by atoms with Gasteiger partial charge in [0.15, 0.2) is 0 Å². The molecule has 0 bridgehead atoms. The van der Waals surface area contributed by atoms with Gasteiger partial charge in [0.05, 0.1) is 0 Å². The van der Waals surface area contributed by atoms with Crippen molar-refractivity contribution < 1.29 is 0 Å². The quantitative estimate of drug-likeness (QED) is 0.762. The molecule has 2 heteroatoms. The van der Waals surface area contributed by atoms with Gasteiger partial charge in [0.1, 0.15) is 0 Å². The molecule has 114 valence electrons. The topological polar surface area (TPSA) is 12.0 Å². The second-order valence-corrected chi connectivity index (χ2v) is 9.83. The van der Waals surface area contributed by atoms with E-state index in [2.05, 4.69) is 59.8 Å². The van der Waals surface area contributed by atoms with Gasteiger partial charge in [-0.2, -0.15) is 0 Å². The van der Waals surface area contributed by atoms with Crippen molar-refractivity contribution in [3.8, 4) is 0 Å². The lowest BCUT2D eigenvalue weighted by Gasteiger charge is -2.46. The Balaban J connectivity index is 2.07. The minimum Gasteiger partial charge on any atom is -0.307 e. The molecule has 1 heterocycles. The Morgan fingerprint density at radius 3 is 2.15 bits per heavy atom. The molecule has 1 aromatic rings. The minimum atomic E-state index is 0.457. The first-order valence-electron chi connectivity index (χ1n) is 7.91. The van der Waals surface area contributed by atoms with E-state index in [1.807, 2.05) is 11.3 Å². The van der Waals surface area contributed by atoms with E-state index in [0.29, 0.717) is 22.9 Å². The summed E-state index contributed by atoms with van der Waals surface area (Å²) in [7, 11) is 0. The Labute approximate surface area is 129 Å². The van der Waals surface area contributed by atoms with Crippen LogP contribution in [0.25, 0.3) is 0 Å². The van der Waals surface area contributed by atoms with Gasteiger partial charge >= 0.3 is 0 Å². The molecule has 1 N–H and O–H groups in total. The number of aryl methyl sites for hydroxylation is 2. The van der Waals surface area contributed by atoms with Crippen molar-refractivity contribution in [3.05, 3.63) is 21.4 Å². The summed E-state index contributed by atoms with van der Waals surface area (Å²) in [6, 6.07) is 3.47. The Morgan fingerprint density at radius 1 is 1.15 bits per heavy atom. The van der Waals surface area contributed by atoms with Gasteiger partial charge in [-0.05, 0) is 62.5 Å². The fourth-order valence-electron chi connectivity index (χ4n) is 4.49. The molecule has 0 aliphatic heterocycles. The van der Waals surface area contributed by atoms with Crippen LogP contribution in [-0.4, -0.2) is 6.04 Å². The molecule has 1 aliphatic carbocycles. The van der Waals surface area contributed by atoms with Crippen LogP contribution >= 0.6 is 11.3 Å².